The third-order valence-electron chi connectivity index (χ3n) is 4.93. The Bertz CT molecular complexity index is 1040. The molecule has 0 saturated heterocycles. The fourth-order valence-corrected chi connectivity index (χ4v) is 3.15. The number of alkyl halides is 3. The van der Waals surface area contributed by atoms with Gasteiger partial charge in [-0.25, -0.2) is 4.98 Å². The summed E-state index contributed by atoms with van der Waals surface area (Å²) in [6.07, 6.45) is -2.90. The van der Waals surface area contributed by atoms with Crippen LogP contribution in [0.5, 0.6) is 5.75 Å². The Hall–Kier alpha value is -3.29. The minimum Gasteiger partial charge on any atom is -0.491 e. The van der Waals surface area contributed by atoms with Gasteiger partial charge in [-0.15, -0.1) is 0 Å². The zero-order chi connectivity index (χ0) is 23.3. The molecule has 0 aliphatic rings. The quantitative estimate of drug-likeness (QED) is 0.382. The van der Waals surface area contributed by atoms with E-state index in [9.17, 15) is 13.2 Å². The minimum absolute atomic E-state index is 0.0407. The number of nitrogens with one attached hydrogen (secondary N) is 2. The second-order valence-corrected chi connectivity index (χ2v) is 7.79. The van der Waals surface area contributed by atoms with Gasteiger partial charge in [-0.2, -0.15) is 18.2 Å². The molecular formula is C24H27F3N4O. The molecule has 0 aliphatic carbocycles. The van der Waals surface area contributed by atoms with E-state index in [4.69, 9.17) is 4.74 Å². The van der Waals surface area contributed by atoms with Gasteiger partial charge in [0.15, 0.2) is 0 Å². The Kier molecular flexibility index (Phi) is 7.22. The van der Waals surface area contributed by atoms with Crippen molar-refractivity contribution in [3.63, 3.8) is 0 Å². The summed E-state index contributed by atoms with van der Waals surface area (Å²) in [6, 6.07) is 14.4. The standard InChI is InChI=1S/C24H27F3N4O/c1-5-16(4)19-8-6-7-9-21(19)30-22-20(24(25,26)27)14-28-23(31-22)29-17-10-12-18(13-11-17)32-15(2)3/h6-16H,5H2,1-4H3,(H2,28,29,30,31). The van der Waals surface area contributed by atoms with E-state index in [-0.39, 0.29) is 23.8 Å². The molecule has 0 saturated carbocycles. The van der Waals surface area contributed by atoms with Crippen LogP contribution in [-0.2, 0) is 6.18 Å². The van der Waals surface area contributed by atoms with Gasteiger partial charge in [-0.05, 0) is 62.1 Å². The van der Waals surface area contributed by atoms with E-state index < -0.39 is 11.7 Å². The number of rotatable bonds is 8. The lowest BCUT2D eigenvalue weighted by Crippen LogP contribution is -2.13. The van der Waals surface area contributed by atoms with Gasteiger partial charge in [-0.1, -0.05) is 32.0 Å². The number of ether oxygens (including phenoxy) is 1. The molecule has 2 aromatic carbocycles. The molecule has 0 amide bonds. The van der Waals surface area contributed by atoms with Crippen LogP contribution >= 0.6 is 0 Å². The first kappa shape index (κ1) is 23.4. The van der Waals surface area contributed by atoms with Crippen molar-refractivity contribution >= 4 is 23.1 Å². The van der Waals surface area contributed by atoms with Crippen LogP contribution in [0.4, 0.5) is 36.3 Å². The maximum atomic E-state index is 13.6. The van der Waals surface area contributed by atoms with Gasteiger partial charge in [0.25, 0.3) is 0 Å². The van der Waals surface area contributed by atoms with Crippen molar-refractivity contribution < 1.29 is 17.9 Å². The number of hydrogen-bond donors (Lipinski definition) is 2. The SMILES string of the molecule is CCC(C)c1ccccc1Nc1nc(Nc2ccc(OC(C)C)cc2)ncc1C(F)(F)F. The van der Waals surface area contributed by atoms with E-state index in [2.05, 4.69) is 20.6 Å². The smallest absolute Gasteiger partial charge is 0.421 e. The molecular weight excluding hydrogens is 417 g/mol. The van der Waals surface area contributed by atoms with Gasteiger partial charge in [0.2, 0.25) is 5.95 Å². The number of nitrogens with zero attached hydrogens (tertiary/aromatic N) is 2. The molecule has 3 rings (SSSR count). The van der Waals surface area contributed by atoms with Crippen LogP contribution in [0.25, 0.3) is 0 Å². The molecule has 170 valence electrons. The Labute approximate surface area is 186 Å². The number of benzene rings is 2. The van der Waals surface area contributed by atoms with E-state index in [1.165, 1.54) is 0 Å². The molecule has 1 heterocycles. The summed E-state index contributed by atoms with van der Waals surface area (Å²) >= 11 is 0. The number of aromatic nitrogens is 2. The van der Waals surface area contributed by atoms with Crippen LogP contribution in [0.2, 0.25) is 0 Å². The van der Waals surface area contributed by atoms with E-state index in [1.54, 1.807) is 36.4 Å². The molecule has 5 nitrogen and oxygen atoms in total. The second kappa shape index (κ2) is 9.89. The second-order valence-electron chi connectivity index (χ2n) is 7.79. The van der Waals surface area contributed by atoms with E-state index >= 15 is 0 Å². The highest BCUT2D eigenvalue weighted by molar-refractivity contribution is 5.66. The first-order valence-corrected chi connectivity index (χ1v) is 10.5. The highest BCUT2D eigenvalue weighted by Gasteiger charge is 2.35. The molecule has 0 fully saturated rings. The normalized spacial score (nSPS) is 12.5. The molecule has 0 aliphatic heterocycles. The molecule has 1 atom stereocenters. The predicted octanol–water partition coefficient (Wildman–Crippen LogP) is 7.28. The van der Waals surface area contributed by atoms with Crippen molar-refractivity contribution in [1.29, 1.82) is 0 Å². The first-order chi connectivity index (χ1) is 15.2. The maximum Gasteiger partial charge on any atom is 0.421 e. The summed E-state index contributed by atoms with van der Waals surface area (Å²) in [5.41, 5.74) is 1.22. The number of hydrogen-bond acceptors (Lipinski definition) is 5. The Morgan fingerprint density at radius 2 is 1.66 bits per heavy atom. The predicted molar refractivity (Wildman–Crippen MR) is 121 cm³/mol. The highest BCUT2D eigenvalue weighted by atomic mass is 19.4. The summed E-state index contributed by atoms with van der Waals surface area (Å²) < 4.78 is 46.5. The third-order valence-corrected chi connectivity index (χ3v) is 4.93. The number of para-hydroxylation sites is 1. The van der Waals surface area contributed by atoms with E-state index in [0.717, 1.165) is 18.2 Å². The van der Waals surface area contributed by atoms with Crippen LogP contribution in [0, 0.1) is 0 Å². The van der Waals surface area contributed by atoms with Crippen molar-refractivity contribution in [2.45, 2.75) is 52.3 Å². The monoisotopic (exact) mass is 444 g/mol. The molecule has 0 radical (unpaired) electrons. The van der Waals surface area contributed by atoms with Crippen LogP contribution < -0.4 is 15.4 Å². The van der Waals surface area contributed by atoms with Crippen LogP contribution in [-0.4, -0.2) is 16.1 Å². The van der Waals surface area contributed by atoms with E-state index in [0.29, 0.717) is 17.1 Å². The lowest BCUT2D eigenvalue weighted by Gasteiger charge is -2.19. The lowest BCUT2D eigenvalue weighted by atomic mass is 9.97. The lowest BCUT2D eigenvalue weighted by molar-refractivity contribution is -0.137. The zero-order valence-electron chi connectivity index (χ0n) is 18.5. The fraction of sp³-hybridized carbons (Fsp3) is 0.333. The minimum atomic E-state index is -4.60. The molecule has 32 heavy (non-hydrogen) atoms. The summed E-state index contributed by atoms with van der Waals surface area (Å²) in [4.78, 5) is 8.02. The van der Waals surface area contributed by atoms with Gasteiger partial charge in [0, 0.05) is 17.6 Å². The van der Waals surface area contributed by atoms with Crippen molar-refractivity contribution in [2.75, 3.05) is 10.6 Å². The fourth-order valence-electron chi connectivity index (χ4n) is 3.15. The van der Waals surface area contributed by atoms with Gasteiger partial charge < -0.3 is 15.4 Å². The van der Waals surface area contributed by atoms with Crippen LogP contribution in [0.1, 0.15) is 51.2 Å². The molecule has 0 spiro atoms. The molecule has 2 N–H and O–H groups in total. The largest absolute Gasteiger partial charge is 0.491 e. The molecule has 8 heteroatoms. The highest BCUT2D eigenvalue weighted by Crippen LogP contribution is 2.37. The Morgan fingerprint density at radius 3 is 2.28 bits per heavy atom. The third kappa shape index (κ3) is 5.90. The Morgan fingerprint density at radius 1 is 0.969 bits per heavy atom. The van der Waals surface area contributed by atoms with Crippen molar-refractivity contribution in [3.8, 4) is 5.75 Å². The maximum absolute atomic E-state index is 13.6. The van der Waals surface area contributed by atoms with Crippen LogP contribution in [0.15, 0.2) is 54.7 Å². The first-order valence-electron chi connectivity index (χ1n) is 10.5. The molecule has 1 aromatic heterocycles. The van der Waals surface area contributed by atoms with Gasteiger partial charge in [-0.3, -0.25) is 0 Å². The van der Waals surface area contributed by atoms with E-state index in [1.807, 2.05) is 39.8 Å². The number of halogens is 3. The molecule has 0 bridgehead atoms. The zero-order valence-corrected chi connectivity index (χ0v) is 18.5. The summed E-state index contributed by atoms with van der Waals surface area (Å²) in [6.45, 7) is 7.92. The average Bonchev–Trinajstić information content (AvgIpc) is 2.74. The summed E-state index contributed by atoms with van der Waals surface area (Å²) in [5, 5.41) is 5.84. The topological polar surface area (TPSA) is 59.1 Å². The molecule has 1 unspecified atom stereocenters. The van der Waals surface area contributed by atoms with Gasteiger partial charge in [0.1, 0.15) is 17.1 Å². The summed E-state index contributed by atoms with van der Waals surface area (Å²) in [5.74, 6) is 0.631. The van der Waals surface area contributed by atoms with Crippen molar-refractivity contribution in [3.05, 3.63) is 65.9 Å². The number of anilines is 4. The van der Waals surface area contributed by atoms with Crippen molar-refractivity contribution in [2.24, 2.45) is 0 Å². The Balaban J connectivity index is 1.91. The van der Waals surface area contributed by atoms with Gasteiger partial charge in [0.05, 0.1) is 6.10 Å². The average molecular weight is 445 g/mol. The van der Waals surface area contributed by atoms with Crippen molar-refractivity contribution in [1.82, 2.24) is 9.97 Å². The summed E-state index contributed by atoms with van der Waals surface area (Å²) in [7, 11) is 0. The van der Waals surface area contributed by atoms with Crippen LogP contribution in [0.3, 0.4) is 0 Å². The van der Waals surface area contributed by atoms with Gasteiger partial charge >= 0.3 is 6.18 Å². The molecule has 3 aromatic rings.